The molecule has 3 rings (SSSR count). The summed E-state index contributed by atoms with van der Waals surface area (Å²) in [5, 5.41) is 4.30. The minimum atomic E-state index is -0.463. The normalized spacial score (nSPS) is 15.2. The van der Waals surface area contributed by atoms with Crippen molar-refractivity contribution in [3.05, 3.63) is 24.5 Å². The van der Waals surface area contributed by atoms with Crippen LogP contribution in [0.1, 0.15) is 27.7 Å². The van der Waals surface area contributed by atoms with Gasteiger partial charge in [-0.3, -0.25) is 0 Å². The molecule has 0 saturated carbocycles. The van der Waals surface area contributed by atoms with E-state index in [1.807, 2.05) is 33.8 Å². The van der Waals surface area contributed by atoms with Crippen LogP contribution in [0.3, 0.4) is 0 Å². The molecule has 26 heavy (non-hydrogen) atoms. The van der Waals surface area contributed by atoms with Gasteiger partial charge in [-0.2, -0.15) is 0 Å². The van der Waals surface area contributed by atoms with Gasteiger partial charge in [-0.1, -0.05) is 0 Å². The molecule has 1 aromatic heterocycles. The minimum absolute atomic E-state index is 0.238. The number of hydrogen-bond acceptors (Lipinski definition) is 6. The molecule has 1 N–H and O–H groups in total. The standard InChI is InChI=1S/C19H27N5O2/c1-5-20-17-15-12-14(6-7-16(15)21-13-22-17)23-8-10-24(11-9-23)18(25)26-19(2,3)4/h6-7,12-13H,5,8-11H2,1-4H3,(H,20,21,22). The Balaban J connectivity index is 1.71. The summed E-state index contributed by atoms with van der Waals surface area (Å²) in [6.07, 6.45) is 1.35. The number of carbonyl (C=O) groups excluding carboxylic acids is 1. The molecule has 1 aliphatic rings. The van der Waals surface area contributed by atoms with E-state index in [2.05, 4.69) is 32.3 Å². The van der Waals surface area contributed by atoms with Crippen LogP contribution in [0.5, 0.6) is 0 Å². The van der Waals surface area contributed by atoms with Crippen molar-refractivity contribution in [2.45, 2.75) is 33.3 Å². The number of amides is 1. The van der Waals surface area contributed by atoms with Crippen molar-refractivity contribution in [3.8, 4) is 0 Å². The molecule has 7 heteroatoms. The first-order chi connectivity index (χ1) is 12.4. The highest BCUT2D eigenvalue weighted by Gasteiger charge is 2.26. The Kier molecular flexibility index (Phi) is 5.15. The predicted octanol–water partition coefficient (Wildman–Crippen LogP) is 3.12. The second kappa shape index (κ2) is 7.35. The molecule has 1 fully saturated rings. The maximum Gasteiger partial charge on any atom is 0.410 e. The van der Waals surface area contributed by atoms with E-state index in [4.69, 9.17) is 4.74 Å². The van der Waals surface area contributed by atoms with E-state index in [9.17, 15) is 4.79 Å². The zero-order valence-electron chi connectivity index (χ0n) is 16.0. The minimum Gasteiger partial charge on any atom is -0.444 e. The molecule has 0 bridgehead atoms. The summed E-state index contributed by atoms with van der Waals surface area (Å²) >= 11 is 0. The molecular formula is C19H27N5O2. The highest BCUT2D eigenvalue weighted by Crippen LogP contribution is 2.26. The summed E-state index contributed by atoms with van der Waals surface area (Å²) in [6.45, 7) is 11.4. The average molecular weight is 357 g/mol. The van der Waals surface area contributed by atoms with Gasteiger partial charge in [0.05, 0.1) is 5.52 Å². The molecule has 0 radical (unpaired) electrons. The summed E-state index contributed by atoms with van der Waals surface area (Å²) in [5.74, 6) is 0.853. The number of nitrogens with one attached hydrogen (secondary N) is 1. The van der Waals surface area contributed by atoms with E-state index in [1.54, 1.807) is 11.2 Å². The fourth-order valence-corrected chi connectivity index (χ4v) is 3.02. The van der Waals surface area contributed by atoms with Crippen LogP contribution in [-0.2, 0) is 4.74 Å². The van der Waals surface area contributed by atoms with Crippen LogP contribution in [0, 0.1) is 0 Å². The van der Waals surface area contributed by atoms with E-state index in [0.29, 0.717) is 13.1 Å². The fourth-order valence-electron chi connectivity index (χ4n) is 3.02. The van der Waals surface area contributed by atoms with E-state index < -0.39 is 5.60 Å². The summed E-state index contributed by atoms with van der Waals surface area (Å²) in [6, 6.07) is 6.22. The van der Waals surface area contributed by atoms with E-state index in [1.165, 1.54) is 0 Å². The third-order valence-electron chi connectivity index (χ3n) is 4.26. The topological polar surface area (TPSA) is 70.6 Å². The molecule has 0 atom stereocenters. The van der Waals surface area contributed by atoms with Gasteiger partial charge < -0.3 is 19.9 Å². The number of ether oxygens (including phenoxy) is 1. The quantitative estimate of drug-likeness (QED) is 0.910. The molecule has 2 heterocycles. The lowest BCUT2D eigenvalue weighted by atomic mass is 10.1. The third kappa shape index (κ3) is 4.15. The summed E-state index contributed by atoms with van der Waals surface area (Å²) in [7, 11) is 0. The number of piperazine rings is 1. The molecule has 1 aliphatic heterocycles. The lowest BCUT2D eigenvalue weighted by Gasteiger charge is -2.36. The highest BCUT2D eigenvalue weighted by molar-refractivity contribution is 5.91. The van der Waals surface area contributed by atoms with E-state index in [-0.39, 0.29) is 6.09 Å². The Morgan fingerprint density at radius 1 is 1.19 bits per heavy atom. The molecule has 2 aromatic rings. The van der Waals surface area contributed by atoms with E-state index >= 15 is 0 Å². The van der Waals surface area contributed by atoms with Crippen LogP contribution in [0.4, 0.5) is 16.3 Å². The highest BCUT2D eigenvalue weighted by atomic mass is 16.6. The van der Waals surface area contributed by atoms with Gasteiger partial charge in [0.25, 0.3) is 0 Å². The maximum absolute atomic E-state index is 12.2. The van der Waals surface area contributed by atoms with Crippen molar-refractivity contribution in [3.63, 3.8) is 0 Å². The Hall–Kier alpha value is -2.57. The van der Waals surface area contributed by atoms with Gasteiger partial charge in [0.15, 0.2) is 0 Å². The van der Waals surface area contributed by atoms with Gasteiger partial charge in [0.2, 0.25) is 0 Å². The van der Waals surface area contributed by atoms with Gasteiger partial charge in [-0.05, 0) is 45.9 Å². The molecule has 1 saturated heterocycles. The lowest BCUT2D eigenvalue weighted by Crippen LogP contribution is -2.50. The second-order valence-corrected chi connectivity index (χ2v) is 7.41. The molecule has 0 unspecified atom stereocenters. The molecule has 1 aromatic carbocycles. The molecule has 0 aliphatic carbocycles. The van der Waals surface area contributed by atoms with Crippen molar-refractivity contribution in [1.29, 1.82) is 0 Å². The van der Waals surface area contributed by atoms with Crippen molar-refractivity contribution in [2.24, 2.45) is 0 Å². The predicted molar refractivity (Wildman–Crippen MR) is 104 cm³/mol. The zero-order chi connectivity index (χ0) is 18.7. The summed E-state index contributed by atoms with van der Waals surface area (Å²) in [4.78, 5) is 24.9. The third-order valence-corrected chi connectivity index (χ3v) is 4.26. The first-order valence-electron chi connectivity index (χ1n) is 9.09. The van der Waals surface area contributed by atoms with Crippen molar-refractivity contribution in [2.75, 3.05) is 42.9 Å². The lowest BCUT2D eigenvalue weighted by molar-refractivity contribution is 0.0240. The van der Waals surface area contributed by atoms with Gasteiger partial charge >= 0.3 is 6.09 Å². The number of aromatic nitrogens is 2. The van der Waals surface area contributed by atoms with Gasteiger partial charge in [0, 0.05) is 43.8 Å². The summed E-state index contributed by atoms with van der Waals surface area (Å²) in [5.41, 5.74) is 1.58. The number of hydrogen-bond donors (Lipinski definition) is 1. The van der Waals surface area contributed by atoms with Crippen LogP contribution >= 0.6 is 0 Å². The Morgan fingerprint density at radius 3 is 2.58 bits per heavy atom. The molecule has 7 nitrogen and oxygen atoms in total. The second-order valence-electron chi connectivity index (χ2n) is 7.41. The van der Waals surface area contributed by atoms with Crippen LogP contribution in [0.15, 0.2) is 24.5 Å². The van der Waals surface area contributed by atoms with Gasteiger partial charge in [-0.15, -0.1) is 0 Å². The number of rotatable bonds is 3. The van der Waals surface area contributed by atoms with Crippen molar-refractivity contribution in [1.82, 2.24) is 14.9 Å². The van der Waals surface area contributed by atoms with Gasteiger partial charge in [0.1, 0.15) is 17.7 Å². The zero-order valence-corrected chi connectivity index (χ0v) is 16.0. The van der Waals surface area contributed by atoms with Crippen LogP contribution < -0.4 is 10.2 Å². The Morgan fingerprint density at radius 2 is 1.92 bits per heavy atom. The molecular weight excluding hydrogens is 330 g/mol. The smallest absolute Gasteiger partial charge is 0.410 e. The molecule has 0 spiro atoms. The number of benzene rings is 1. The van der Waals surface area contributed by atoms with E-state index in [0.717, 1.165) is 42.0 Å². The first kappa shape index (κ1) is 18.2. The average Bonchev–Trinajstić information content (AvgIpc) is 2.61. The Bertz CT molecular complexity index is 779. The number of anilines is 2. The SMILES string of the molecule is CCNc1ncnc2ccc(N3CCN(C(=O)OC(C)(C)C)CC3)cc12. The number of fused-ring (bicyclic) bond motifs is 1. The summed E-state index contributed by atoms with van der Waals surface area (Å²) < 4.78 is 5.46. The van der Waals surface area contributed by atoms with Crippen LogP contribution in [-0.4, -0.2) is 59.3 Å². The maximum atomic E-state index is 12.2. The fraction of sp³-hybridized carbons (Fsp3) is 0.526. The van der Waals surface area contributed by atoms with Crippen molar-refractivity contribution >= 4 is 28.5 Å². The number of nitrogens with zero attached hydrogens (tertiary/aromatic N) is 4. The number of carbonyl (C=O) groups is 1. The van der Waals surface area contributed by atoms with Crippen molar-refractivity contribution < 1.29 is 9.53 Å². The largest absolute Gasteiger partial charge is 0.444 e. The molecule has 1 amide bonds. The monoisotopic (exact) mass is 357 g/mol. The van der Waals surface area contributed by atoms with Crippen LogP contribution in [0.25, 0.3) is 10.9 Å². The first-order valence-corrected chi connectivity index (χ1v) is 9.09. The van der Waals surface area contributed by atoms with Crippen LogP contribution in [0.2, 0.25) is 0 Å². The van der Waals surface area contributed by atoms with Gasteiger partial charge in [-0.25, -0.2) is 14.8 Å². The molecule has 140 valence electrons. The Labute approximate surface area is 154 Å².